The van der Waals surface area contributed by atoms with Crippen molar-refractivity contribution in [2.75, 3.05) is 13.1 Å². The Bertz CT molecular complexity index is 1160. The molecule has 182 valence electrons. The standard InChI is InChI=1S/C29H39N3OS/c1-17(2)20-8-10-22-21(14-20)9-11-24-28(5,12-7-13-29(22,24)6)16-32-15-23(33)25(26(32)30)27-31-18(3)19(4)34-27/h8,10,14,17,24,30,33H,7,9,11-13,15-16H2,1-6H3. The molecule has 1 aromatic heterocycles. The molecule has 2 aliphatic carbocycles. The number of hydrogen-bond acceptors (Lipinski definition) is 4. The van der Waals surface area contributed by atoms with Crippen LogP contribution in [0, 0.1) is 30.6 Å². The van der Waals surface area contributed by atoms with Gasteiger partial charge in [-0.1, -0.05) is 52.3 Å². The maximum atomic E-state index is 10.8. The SMILES string of the molecule is Cc1nc(C2=C(O)CN(CC3(C)CCCC4(C)c5ccc(C(C)C)cc5CCC34)C2=N)sc1C. The van der Waals surface area contributed by atoms with E-state index in [0.29, 0.717) is 35.5 Å². The van der Waals surface area contributed by atoms with Crippen LogP contribution in [0.5, 0.6) is 0 Å². The predicted molar refractivity (Wildman–Crippen MR) is 142 cm³/mol. The van der Waals surface area contributed by atoms with Crippen LogP contribution >= 0.6 is 11.3 Å². The molecule has 1 saturated carbocycles. The Morgan fingerprint density at radius 3 is 2.68 bits per heavy atom. The molecule has 3 aliphatic rings. The second kappa shape index (κ2) is 8.22. The quantitative estimate of drug-likeness (QED) is 0.491. The summed E-state index contributed by atoms with van der Waals surface area (Å²) in [6.07, 6.45) is 6.00. The van der Waals surface area contributed by atoms with Gasteiger partial charge in [-0.15, -0.1) is 11.3 Å². The van der Waals surface area contributed by atoms with E-state index < -0.39 is 0 Å². The highest BCUT2D eigenvalue weighted by atomic mass is 32.1. The van der Waals surface area contributed by atoms with Crippen LogP contribution in [0.4, 0.5) is 0 Å². The van der Waals surface area contributed by atoms with Gasteiger partial charge >= 0.3 is 0 Å². The molecule has 4 nitrogen and oxygen atoms in total. The molecule has 2 heterocycles. The number of fused-ring (bicyclic) bond motifs is 3. The molecule has 0 spiro atoms. The fraction of sp³-hybridized carbons (Fsp3) is 0.586. The van der Waals surface area contributed by atoms with E-state index in [4.69, 9.17) is 5.41 Å². The summed E-state index contributed by atoms with van der Waals surface area (Å²) in [6, 6.07) is 7.25. The summed E-state index contributed by atoms with van der Waals surface area (Å²) in [5, 5.41) is 20.6. The smallest absolute Gasteiger partial charge is 0.135 e. The highest BCUT2D eigenvalue weighted by Crippen LogP contribution is 2.58. The number of nitrogens with one attached hydrogen (secondary N) is 1. The van der Waals surface area contributed by atoms with Gasteiger partial charge in [0, 0.05) is 11.4 Å². The molecule has 2 aromatic rings. The lowest BCUT2D eigenvalue weighted by Gasteiger charge is -2.56. The number of rotatable bonds is 4. The Balaban J connectivity index is 1.41. The molecule has 3 unspecified atom stereocenters. The molecule has 0 saturated heterocycles. The largest absolute Gasteiger partial charge is 0.510 e. The van der Waals surface area contributed by atoms with E-state index in [1.165, 1.54) is 31.2 Å². The molecular weight excluding hydrogens is 438 g/mol. The van der Waals surface area contributed by atoms with E-state index in [9.17, 15) is 5.11 Å². The summed E-state index contributed by atoms with van der Waals surface area (Å²) < 4.78 is 0. The molecule has 5 heteroatoms. The molecule has 34 heavy (non-hydrogen) atoms. The summed E-state index contributed by atoms with van der Waals surface area (Å²) in [5.41, 5.74) is 6.48. The Kier molecular flexibility index (Phi) is 5.70. The minimum absolute atomic E-state index is 0.109. The van der Waals surface area contributed by atoms with Crippen molar-refractivity contribution in [2.24, 2.45) is 11.3 Å². The monoisotopic (exact) mass is 477 g/mol. The van der Waals surface area contributed by atoms with Gasteiger partial charge in [0.15, 0.2) is 0 Å². The van der Waals surface area contributed by atoms with Crippen LogP contribution in [-0.4, -0.2) is 33.9 Å². The highest BCUT2D eigenvalue weighted by molar-refractivity contribution is 7.13. The van der Waals surface area contributed by atoms with Gasteiger partial charge in [-0.05, 0) is 78.9 Å². The summed E-state index contributed by atoms with van der Waals surface area (Å²) >= 11 is 1.58. The molecular formula is C29H39N3OS. The number of aliphatic hydroxyl groups excluding tert-OH is 1. The zero-order valence-electron chi connectivity index (χ0n) is 21.6. The maximum Gasteiger partial charge on any atom is 0.135 e. The van der Waals surface area contributed by atoms with Crippen molar-refractivity contribution < 1.29 is 5.11 Å². The molecule has 3 atom stereocenters. The highest BCUT2D eigenvalue weighted by Gasteiger charge is 2.52. The van der Waals surface area contributed by atoms with Gasteiger partial charge in [0.1, 0.15) is 16.6 Å². The van der Waals surface area contributed by atoms with Crippen molar-refractivity contribution in [3.05, 3.63) is 56.2 Å². The topological polar surface area (TPSA) is 60.2 Å². The molecule has 1 aliphatic heterocycles. The van der Waals surface area contributed by atoms with Crippen LogP contribution in [0.25, 0.3) is 5.57 Å². The van der Waals surface area contributed by atoms with Crippen molar-refractivity contribution in [3.63, 3.8) is 0 Å². The van der Waals surface area contributed by atoms with Crippen LogP contribution < -0.4 is 0 Å². The first kappa shape index (κ1) is 23.6. The van der Waals surface area contributed by atoms with Gasteiger partial charge in [0.2, 0.25) is 0 Å². The van der Waals surface area contributed by atoms with Crippen molar-refractivity contribution in [3.8, 4) is 0 Å². The summed E-state index contributed by atoms with van der Waals surface area (Å²) in [4.78, 5) is 7.91. The van der Waals surface area contributed by atoms with Crippen LogP contribution in [0.1, 0.15) is 91.6 Å². The number of aliphatic hydroxyl groups is 1. The zero-order valence-corrected chi connectivity index (χ0v) is 22.4. The van der Waals surface area contributed by atoms with E-state index in [1.807, 2.05) is 6.92 Å². The lowest BCUT2D eigenvalue weighted by molar-refractivity contribution is 0.0108. The number of aromatic nitrogens is 1. The van der Waals surface area contributed by atoms with Crippen molar-refractivity contribution in [1.29, 1.82) is 5.41 Å². The molecule has 0 bridgehead atoms. The average molecular weight is 478 g/mol. The second-order valence-corrected chi connectivity index (χ2v) is 13.0. The molecule has 2 N–H and O–H groups in total. The molecule has 5 rings (SSSR count). The molecule has 0 radical (unpaired) electrons. The van der Waals surface area contributed by atoms with Gasteiger partial charge in [-0.2, -0.15) is 0 Å². The fourth-order valence-corrected chi connectivity index (χ4v) is 8.18. The van der Waals surface area contributed by atoms with E-state index in [2.05, 4.69) is 62.7 Å². The van der Waals surface area contributed by atoms with E-state index in [0.717, 1.165) is 28.5 Å². The zero-order chi connectivity index (χ0) is 24.4. The first-order chi connectivity index (χ1) is 16.0. The third-order valence-electron chi connectivity index (χ3n) is 9.14. The normalized spacial score (nSPS) is 29.1. The Morgan fingerprint density at radius 1 is 1.24 bits per heavy atom. The third-order valence-corrected chi connectivity index (χ3v) is 10.2. The second-order valence-electron chi connectivity index (χ2n) is 11.8. The Morgan fingerprint density at radius 2 is 2.00 bits per heavy atom. The van der Waals surface area contributed by atoms with Crippen molar-refractivity contribution in [2.45, 2.75) is 85.0 Å². The van der Waals surface area contributed by atoms with Gasteiger partial charge in [-0.3, -0.25) is 5.41 Å². The van der Waals surface area contributed by atoms with Crippen LogP contribution in [0.3, 0.4) is 0 Å². The lowest BCUT2D eigenvalue weighted by Crippen LogP contribution is -2.53. The number of hydrogen-bond donors (Lipinski definition) is 2. The van der Waals surface area contributed by atoms with Crippen molar-refractivity contribution in [1.82, 2.24) is 9.88 Å². The first-order valence-electron chi connectivity index (χ1n) is 12.9. The van der Waals surface area contributed by atoms with E-state index >= 15 is 0 Å². The van der Waals surface area contributed by atoms with Gasteiger partial charge in [0.25, 0.3) is 0 Å². The van der Waals surface area contributed by atoms with Crippen LogP contribution in [0.15, 0.2) is 24.0 Å². The number of thiazole rings is 1. The maximum absolute atomic E-state index is 10.8. The van der Waals surface area contributed by atoms with Crippen LogP contribution in [0.2, 0.25) is 0 Å². The number of nitrogens with zero attached hydrogens (tertiary/aromatic N) is 2. The van der Waals surface area contributed by atoms with E-state index in [-0.39, 0.29) is 10.8 Å². The van der Waals surface area contributed by atoms with Crippen LogP contribution in [-0.2, 0) is 11.8 Å². The minimum atomic E-state index is 0.109. The predicted octanol–water partition coefficient (Wildman–Crippen LogP) is 7.16. The minimum Gasteiger partial charge on any atom is -0.510 e. The number of aryl methyl sites for hydroxylation is 3. The number of amidine groups is 1. The summed E-state index contributed by atoms with van der Waals surface area (Å²) in [6.45, 7) is 14.8. The third kappa shape index (κ3) is 3.62. The Labute approximate surface area is 208 Å². The summed E-state index contributed by atoms with van der Waals surface area (Å²) in [5.74, 6) is 1.89. The van der Waals surface area contributed by atoms with Gasteiger partial charge in [-0.25, -0.2) is 4.98 Å². The summed E-state index contributed by atoms with van der Waals surface area (Å²) in [7, 11) is 0. The number of benzene rings is 1. The Hall–Kier alpha value is -2.14. The molecule has 1 fully saturated rings. The molecule has 1 aromatic carbocycles. The fourth-order valence-electron chi connectivity index (χ4n) is 7.20. The van der Waals surface area contributed by atoms with Gasteiger partial charge < -0.3 is 10.0 Å². The first-order valence-corrected chi connectivity index (χ1v) is 13.7. The van der Waals surface area contributed by atoms with Gasteiger partial charge in [0.05, 0.1) is 17.8 Å². The lowest BCUT2D eigenvalue weighted by atomic mass is 9.49. The van der Waals surface area contributed by atoms with E-state index in [1.54, 1.807) is 22.5 Å². The molecule has 0 amide bonds. The average Bonchev–Trinajstić information content (AvgIpc) is 3.24. The van der Waals surface area contributed by atoms with Crippen molar-refractivity contribution >= 4 is 22.7 Å².